The normalized spacial score (nSPS) is 11.8. The zero-order valence-electron chi connectivity index (χ0n) is 11.4. The van der Waals surface area contributed by atoms with Crippen LogP contribution in [0.2, 0.25) is 5.15 Å². The summed E-state index contributed by atoms with van der Waals surface area (Å²) in [5, 5.41) is 0.240. The van der Waals surface area contributed by atoms with E-state index in [2.05, 4.69) is 15.0 Å². The summed E-state index contributed by atoms with van der Waals surface area (Å²) in [6.45, 7) is 5.53. The molecule has 8 heteroatoms. The minimum Gasteiger partial charge on any atom is -0.229 e. The average Bonchev–Trinajstić information content (AvgIpc) is 2.34. The highest BCUT2D eigenvalue weighted by Crippen LogP contribution is 2.34. The number of halogens is 4. The van der Waals surface area contributed by atoms with Crippen LogP contribution in [0.5, 0.6) is 0 Å². The van der Waals surface area contributed by atoms with Crippen molar-refractivity contribution in [2.45, 2.75) is 37.1 Å². The number of nitrogens with zero attached hydrogens (tertiary/aromatic N) is 3. The Balaban J connectivity index is 2.38. The summed E-state index contributed by atoms with van der Waals surface area (Å²) in [5.41, 5.74) is 1.67. The molecule has 0 spiro atoms. The van der Waals surface area contributed by atoms with Crippen molar-refractivity contribution in [2.24, 2.45) is 0 Å². The average molecular weight is 334 g/mol. The molecular formula is C13H11ClF3N3S. The highest BCUT2D eigenvalue weighted by molar-refractivity contribution is 7.99. The second-order valence-corrected chi connectivity index (χ2v) is 5.79. The summed E-state index contributed by atoms with van der Waals surface area (Å²) in [5.74, 6) is 0. The Kier molecular flexibility index (Phi) is 4.43. The molecule has 0 aliphatic heterocycles. The molecule has 21 heavy (non-hydrogen) atoms. The van der Waals surface area contributed by atoms with Crippen LogP contribution in [0.4, 0.5) is 13.2 Å². The molecule has 0 amide bonds. The predicted molar refractivity (Wildman–Crippen MR) is 74.6 cm³/mol. The molecule has 0 saturated carbocycles. The SMILES string of the molecule is Cc1nc(Sc2cc(C(F)(F)F)cc(Cl)n2)nc(C)c1C. The van der Waals surface area contributed by atoms with Crippen LogP contribution in [-0.2, 0) is 6.18 Å². The molecule has 2 rings (SSSR count). The monoisotopic (exact) mass is 333 g/mol. The third kappa shape index (κ3) is 3.85. The summed E-state index contributed by atoms with van der Waals surface area (Å²) in [6.07, 6.45) is -4.47. The lowest BCUT2D eigenvalue weighted by Gasteiger charge is -2.09. The molecule has 112 valence electrons. The van der Waals surface area contributed by atoms with Crippen molar-refractivity contribution >= 4 is 23.4 Å². The lowest BCUT2D eigenvalue weighted by Crippen LogP contribution is -2.06. The zero-order valence-corrected chi connectivity index (χ0v) is 13.0. The Hall–Kier alpha value is -1.34. The largest absolute Gasteiger partial charge is 0.416 e. The van der Waals surface area contributed by atoms with Gasteiger partial charge in [-0.25, -0.2) is 15.0 Å². The van der Waals surface area contributed by atoms with E-state index in [1.54, 1.807) is 0 Å². The fourth-order valence-corrected chi connectivity index (χ4v) is 2.71. The Morgan fingerprint density at radius 3 is 2.10 bits per heavy atom. The van der Waals surface area contributed by atoms with Crippen molar-refractivity contribution in [3.8, 4) is 0 Å². The standard InChI is InChI=1S/C13H11ClF3N3S/c1-6-7(2)18-12(19-8(6)3)21-11-5-9(13(15,16)17)4-10(14)20-11/h4-5H,1-3H3. The van der Waals surface area contributed by atoms with Crippen molar-refractivity contribution in [3.63, 3.8) is 0 Å². The third-order valence-corrected chi connectivity index (χ3v) is 3.88. The molecule has 0 saturated heterocycles. The Bertz CT molecular complexity index is 666. The number of hydrogen-bond acceptors (Lipinski definition) is 4. The second-order valence-electron chi connectivity index (χ2n) is 4.42. The van der Waals surface area contributed by atoms with E-state index < -0.39 is 11.7 Å². The third-order valence-electron chi connectivity index (χ3n) is 2.91. The van der Waals surface area contributed by atoms with Crippen LogP contribution in [0.1, 0.15) is 22.5 Å². The predicted octanol–water partition coefficient (Wildman–Crippen LogP) is 4.62. The topological polar surface area (TPSA) is 38.7 Å². The molecule has 0 unspecified atom stereocenters. The minimum atomic E-state index is -4.47. The summed E-state index contributed by atoms with van der Waals surface area (Å²) >= 11 is 6.60. The van der Waals surface area contributed by atoms with Crippen LogP contribution in [0, 0.1) is 20.8 Å². The molecule has 0 aliphatic rings. The molecule has 0 fully saturated rings. The van der Waals surface area contributed by atoms with Crippen LogP contribution in [0.15, 0.2) is 22.3 Å². The Morgan fingerprint density at radius 2 is 1.57 bits per heavy atom. The highest BCUT2D eigenvalue weighted by atomic mass is 35.5. The molecule has 2 heterocycles. The summed E-state index contributed by atoms with van der Waals surface area (Å²) in [7, 11) is 0. The Morgan fingerprint density at radius 1 is 1.00 bits per heavy atom. The summed E-state index contributed by atoms with van der Waals surface area (Å²) in [4.78, 5) is 12.3. The molecule has 0 N–H and O–H groups in total. The number of aromatic nitrogens is 3. The molecule has 0 atom stereocenters. The summed E-state index contributed by atoms with van der Waals surface area (Å²) < 4.78 is 38.2. The Labute approximate surface area is 129 Å². The maximum absolute atomic E-state index is 12.7. The maximum atomic E-state index is 12.7. The fraction of sp³-hybridized carbons (Fsp3) is 0.308. The van der Waals surface area contributed by atoms with E-state index >= 15 is 0 Å². The number of aryl methyl sites for hydroxylation is 2. The van der Waals surface area contributed by atoms with E-state index in [1.807, 2.05) is 20.8 Å². The summed E-state index contributed by atoms with van der Waals surface area (Å²) in [6, 6.07) is 1.72. The van der Waals surface area contributed by atoms with E-state index in [0.717, 1.165) is 40.8 Å². The van der Waals surface area contributed by atoms with Gasteiger partial charge in [0.1, 0.15) is 10.2 Å². The zero-order chi connectivity index (χ0) is 15.8. The van der Waals surface area contributed by atoms with E-state index in [1.165, 1.54) is 0 Å². The van der Waals surface area contributed by atoms with Gasteiger partial charge in [0.15, 0.2) is 5.16 Å². The van der Waals surface area contributed by atoms with Gasteiger partial charge in [0.2, 0.25) is 0 Å². The number of rotatable bonds is 2. The van der Waals surface area contributed by atoms with E-state index in [0.29, 0.717) is 5.16 Å². The number of hydrogen-bond donors (Lipinski definition) is 0. The van der Waals surface area contributed by atoms with Gasteiger partial charge in [-0.1, -0.05) is 11.6 Å². The van der Waals surface area contributed by atoms with Crippen LogP contribution >= 0.6 is 23.4 Å². The van der Waals surface area contributed by atoms with Gasteiger partial charge in [0.25, 0.3) is 0 Å². The van der Waals surface area contributed by atoms with Gasteiger partial charge in [-0.15, -0.1) is 0 Å². The quantitative estimate of drug-likeness (QED) is 0.593. The number of alkyl halides is 3. The molecule has 0 bridgehead atoms. The van der Waals surface area contributed by atoms with Gasteiger partial charge in [-0.2, -0.15) is 13.2 Å². The smallest absolute Gasteiger partial charge is 0.229 e. The highest BCUT2D eigenvalue weighted by Gasteiger charge is 2.31. The van der Waals surface area contributed by atoms with Crippen LogP contribution in [0.25, 0.3) is 0 Å². The van der Waals surface area contributed by atoms with E-state index in [9.17, 15) is 13.2 Å². The first-order valence-electron chi connectivity index (χ1n) is 5.91. The first-order chi connectivity index (χ1) is 9.66. The molecule has 0 aliphatic carbocycles. The molecule has 0 radical (unpaired) electrons. The lowest BCUT2D eigenvalue weighted by molar-refractivity contribution is -0.137. The van der Waals surface area contributed by atoms with Crippen LogP contribution in [0.3, 0.4) is 0 Å². The molecule has 0 aromatic carbocycles. The minimum absolute atomic E-state index is 0.109. The van der Waals surface area contributed by atoms with E-state index in [4.69, 9.17) is 11.6 Å². The van der Waals surface area contributed by atoms with Gasteiger partial charge < -0.3 is 0 Å². The van der Waals surface area contributed by atoms with Gasteiger partial charge in [-0.05, 0) is 50.2 Å². The van der Waals surface area contributed by atoms with Crippen molar-refractivity contribution in [3.05, 3.63) is 39.8 Å². The van der Waals surface area contributed by atoms with Crippen LogP contribution < -0.4 is 0 Å². The van der Waals surface area contributed by atoms with E-state index in [-0.39, 0.29) is 10.2 Å². The maximum Gasteiger partial charge on any atom is 0.416 e. The first kappa shape index (κ1) is 16.0. The molecule has 3 nitrogen and oxygen atoms in total. The second kappa shape index (κ2) is 5.81. The molecule has 2 aromatic heterocycles. The van der Waals surface area contributed by atoms with Crippen molar-refractivity contribution in [2.75, 3.05) is 0 Å². The fourth-order valence-electron chi connectivity index (χ4n) is 1.57. The van der Waals surface area contributed by atoms with Crippen molar-refractivity contribution in [1.82, 2.24) is 15.0 Å². The van der Waals surface area contributed by atoms with Gasteiger partial charge in [0.05, 0.1) is 5.56 Å². The number of pyridine rings is 1. The van der Waals surface area contributed by atoms with Gasteiger partial charge in [-0.3, -0.25) is 0 Å². The molecule has 2 aromatic rings. The van der Waals surface area contributed by atoms with Gasteiger partial charge >= 0.3 is 6.18 Å². The van der Waals surface area contributed by atoms with Gasteiger partial charge in [0, 0.05) is 11.4 Å². The van der Waals surface area contributed by atoms with Crippen molar-refractivity contribution < 1.29 is 13.2 Å². The van der Waals surface area contributed by atoms with Crippen molar-refractivity contribution in [1.29, 1.82) is 0 Å². The van der Waals surface area contributed by atoms with Crippen LogP contribution in [-0.4, -0.2) is 15.0 Å². The first-order valence-corrected chi connectivity index (χ1v) is 7.10. The lowest BCUT2D eigenvalue weighted by atomic mass is 10.2. The molecular weight excluding hydrogens is 323 g/mol.